The number of thiophene rings is 1. The van der Waals surface area contributed by atoms with Crippen molar-refractivity contribution in [1.82, 2.24) is 4.57 Å². The molecular weight excluding hydrogens is 795 g/mol. The Balaban J connectivity index is 1.12. The molecular formula is C60H41NSSi. The van der Waals surface area contributed by atoms with Gasteiger partial charge in [0.1, 0.15) is 0 Å². The number of nitrogens with zero attached hydrogens (tertiary/aromatic N) is 1. The van der Waals surface area contributed by atoms with Gasteiger partial charge in [0.25, 0.3) is 0 Å². The summed E-state index contributed by atoms with van der Waals surface area (Å²) in [6.07, 6.45) is 0. The minimum atomic E-state index is -2.90. The molecule has 0 aliphatic heterocycles. The minimum absolute atomic E-state index is 1.15. The molecule has 0 fully saturated rings. The van der Waals surface area contributed by atoms with Gasteiger partial charge in [0.2, 0.25) is 0 Å². The molecule has 0 atom stereocenters. The van der Waals surface area contributed by atoms with Crippen LogP contribution in [0.15, 0.2) is 249 Å². The maximum Gasteiger partial charge on any atom is 0.179 e. The molecule has 1 nitrogen and oxygen atoms in total. The molecule has 0 radical (unpaired) electrons. The summed E-state index contributed by atoms with van der Waals surface area (Å²) in [5.41, 5.74) is 10.8. The van der Waals surface area contributed by atoms with Crippen molar-refractivity contribution >= 4 is 82.1 Å². The molecule has 0 N–H and O–H groups in total. The molecule has 0 unspecified atom stereocenters. The van der Waals surface area contributed by atoms with E-state index in [9.17, 15) is 0 Å². The standard InChI is InChI=1S/C60H41NSSi/c1-4-23-48(24-5-1)63(49-25-6-2-7-26-49,50-27-8-3-9-28-50)51-40-45(42-19-16-21-44(37-42)52-32-18-33-56-55-31-12-15-36-59(55)62-60(52)56)38-46(41-51)43-20-17-22-47(39-43)61-57-34-13-10-29-53(57)54-30-11-14-35-58(54)61/h1-41H. The molecule has 63 heavy (non-hydrogen) atoms. The van der Waals surface area contributed by atoms with Crippen LogP contribution in [-0.2, 0) is 0 Å². The van der Waals surface area contributed by atoms with Crippen molar-refractivity contribution in [3.05, 3.63) is 249 Å². The van der Waals surface area contributed by atoms with Gasteiger partial charge in [-0.25, -0.2) is 0 Å². The maximum atomic E-state index is 2.51. The average Bonchev–Trinajstić information content (AvgIpc) is 3.92. The number of benzene rings is 10. The molecule has 0 aliphatic carbocycles. The van der Waals surface area contributed by atoms with Crippen molar-refractivity contribution in [3.8, 4) is 39.1 Å². The second-order valence-electron chi connectivity index (χ2n) is 16.4. The van der Waals surface area contributed by atoms with Gasteiger partial charge in [0.15, 0.2) is 8.07 Å². The van der Waals surface area contributed by atoms with E-state index >= 15 is 0 Å². The van der Waals surface area contributed by atoms with Gasteiger partial charge in [-0.1, -0.05) is 206 Å². The lowest BCUT2D eigenvalue weighted by Crippen LogP contribution is -2.74. The van der Waals surface area contributed by atoms with Crippen LogP contribution in [0.25, 0.3) is 81.0 Å². The summed E-state index contributed by atoms with van der Waals surface area (Å²) < 4.78 is 5.07. The van der Waals surface area contributed by atoms with Gasteiger partial charge in [-0.3, -0.25) is 0 Å². The van der Waals surface area contributed by atoms with Crippen molar-refractivity contribution in [1.29, 1.82) is 0 Å². The van der Waals surface area contributed by atoms with Gasteiger partial charge < -0.3 is 4.57 Å². The highest BCUT2D eigenvalue weighted by molar-refractivity contribution is 7.26. The highest BCUT2D eigenvalue weighted by atomic mass is 32.1. The van der Waals surface area contributed by atoms with Crippen LogP contribution < -0.4 is 20.7 Å². The highest BCUT2D eigenvalue weighted by Crippen LogP contribution is 2.41. The van der Waals surface area contributed by atoms with Crippen molar-refractivity contribution in [2.24, 2.45) is 0 Å². The minimum Gasteiger partial charge on any atom is -0.309 e. The lowest BCUT2D eigenvalue weighted by Gasteiger charge is -2.35. The Hall–Kier alpha value is -7.56. The van der Waals surface area contributed by atoms with E-state index in [1.54, 1.807) is 0 Å². The Kier molecular flexibility index (Phi) is 9.10. The first-order valence-electron chi connectivity index (χ1n) is 21.7. The summed E-state index contributed by atoms with van der Waals surface area (Å²) in [7, 11) is -2.90. The van der Waals surface area contributed by atoms with Gasteiger partial charge >= 0.3 is 0 Å². The number of hydrogen-bond donors (Lipinski definition) is 0. The van der Waals surface area contributed by atoms with E-state index in [0.717, 1.165) is 5.69 Å². The molecule has 0 aliphatic rings. The third-order valence-electron chi connectivity index (χ3n) is 12.9. The number of para-hydroxylation sites is 2. The van der Waals surface area contributed by atoms with Crippen molar-refractivity contribution in [2.45, 2.75) is 0 Å². The van der Waals surface area contributed by atoms with Crippen LogP contribution >= 0.6 is 11.3 Å². The Labute approximate surface area is 372 Å². The quantitative estimate of drug-likeness (QED) is 0.106. The van der Waals surface area contributed by atoms with Crippen molar-refractivity contribution in [2.75, 3.05) is 0 Å². The zero-order chi connectivity index (χ0) is 41.7. The smallest absolute Gasteiger partial charge is 0.179 e. The van der Waals surface area contributed by atoms with Crippen LogP contribution in [0, 0.1) is 0 Å². The lowest BCUT2D eigenvalue weighted by molar-refractivity contribution is 1.18. The highest BCUT2D eigenvalue weighted by Gasteiger charge is 2.41. The van der Waals surface area contributed by atoms with Crippen LogP contribution in [-0.4, -0.2) is 12.6 Å². The fourth-order valence-corrected chi connectivity index (χ4v) is 16.2. The van der Waals surface area contributed by atoms with Crippen molar-refractivity contribution in [3.63, 3.8) is 0 Å². The first kappa shape index (κ1) is 37.2. The second-order valence-corrected chi connectivity index (χ2v) is 21.3. The summed E-state index contributed by atoms with van der Waals surface area (Å²) in [5, 5.41) is 10.6. The van der Waals surface area contributed by atoms with Crippen LogP contribution in [0.4, 0.5) is 0 Å². The topological polar surface area (TPSA) is 4.93 Å². The van der Waals surface area contributed by atoms with Gasteiger partial charge in [-0.15, -0.1) is 11.3 Å². The van der Waals surface area contributed by atoms with E-state index in [0.29, 0.717) is 0 Å². The van der Waals surface area contributed by atoms with E-state index < -0.39 is 8.07 Å². The molecule has 3 heteroatoms. The fourth-order valence-electron chi connectivity index (χ4n) is 10.1. The van der Waals surface area contributed by atoms with Gasteiger partial charge in [0, 0.05) is 36.6 Å². The second kappa shape index (κ2) is 15.4. The molecule has 296 valence electrons. The van der Waals surface area contributed by atoms with E-state index in [-0.39, 0.29) is 0 Å². The molecule has 12 rings (SSSR count). The zero-order valence-corrected chi connectivity index (χ0v) is 36.3. The molecule has 0 saturated carbocycles. The lowest BCUT2D eigenvalue weighted by atomic mass is 9.95. The molecule has 10 aromatic carbocycles. The number of rotatable bonds is 8. The van der Waals surface area contributed by atoms with E-state index in [1.807, 2.05) is 11.3 Å². The molecule has 2 heterocycles. The fraction of sp³-hybridized carbons (Fsp3) is 0. The monoisotopic (exact) mass is 835 g/mol. The third kappa shape index (κ3) is 6.20. The Morgan fingerprint density at radius 1 is 0.302 bits per heavy atom. The van der Waals surface area contributed by atoms with E-state index in [4.69, 9.17) is 0 Å². The Bertz CT molecular complexity index is 3470. The summed E-state index contributed by atoms with van der Waals surface area (Å²) in [6, 6.07) is 92.7. The Morgan fingerprint density at radius 3 is 1.38 bits per heavy atom. The normalized spacial score (nSPS) is 11.8. The predicted molar refractivity (Wildman–Crippen MR) is 274 cm³/mol. The first-order valence-corrected chi connectivity index (χ1v) is 24.5. The Morgan fingerprint density at radius 2 is 0.762 bits per heavy atom. The summed E-state index contributed by atoms with van der Waals surface area (Å²) >= 11 is 1.89. The van der Waals surface area contributed by atoms with Crippen LogP contribution in [0.2, 0.25) is 0 Å². The average molecular weight is 836 g/mol. The third-order valence-corrected chi connectivity index (χ3v) is 18.9. The van der Waals surface area contributed by atoms with Crippen LogP contribution in [0.5, 0.6) is 0 Å². The van der Waals surface area contributed by atoms with Gasteiger partial charge in [-0.05, 0) is 96.6 Å². The summed E-state index contributed by atoms with van der Waals surface area (Å²) in [6.45, 7) is 0. The maximum absolute atomic E-state index is 2.90. The summed E-state index contributed by atoms with van der Waals surface area (Å²) in [4.78, 5) is 0. The molecule has 12 aromatic rings. The number of hydrogen-bond acceptors (Lipinski definition) is 1. The molecule has 2 aromatic heterocycles. The van der Waals surface area contributed by atoms with Crippen LogP contribution in [0.3, 0.4) is 0 Å². The molecule has 0 saturated heterocycles. The van der Waals surface area contributed by atoms with E-state index in [2.05, 4.69) is 253 Å². The number of fused-ring (bicyclic) bond motifs is 6. The first-order chi connectivity index (χ1) is 31.2. The predicted octanol–water partition coefficient (Wildman–Crippen LogP) is 13.5. The van der Waals surface area contributed by atoms with E-state index in [1.165, 1.54) is 96.1 Å². The molecule has 0 bridgehead atoms. The van der Waals surface area contributed by atoms with Crippen LogP contribution in [0.1, 0.15) is 0 Å². The summed E-state index contributed by atoms with van der Waals surface area (Å²) in [5.74, 6) is 0. The molecule has 0 amide bonds. The van der Waals surface area contributed by atoms with Gasteiger partial charge in [0.05, 0.1) is 11.0 Å². The zero-order valence-electron chi connectivity index (χ0n) is 34.5. The largest absolute Gasteiger partial charge is 0.309 e. The molecule has 0 spiro atoms. The van der Waals surface area contributed by atoms with Gasteiger partial charge in [-0.2, -0.15) is 0 Å². The number of aromatic nitrogens is 1. The van der Waals surface area contributed by atoms with Crippen molar-refractivity contribution < 1.29 is 0 Å². The SMILES string of the molecule is c1ccc([Si](c2ccccc2)(c2ccccc2)c2cc(-c3cccc(-c4cccc5c4sc4ccccc45)c3)cc(-c3cccc(-n4c5ccccc5c5ccccc54)c3)c2)cc1.